The van der Waals surface area contributed by atoms with Crippen molar-refractivity contribution < 1.29 is 34.4 Å². The van der Waals surface area contributed by atoms with Gasteiger partial charge in [0.05, 0.1) is 30.3 Å². The average molecular weight is 516 g/mol. The van der Waals surface area contributed by atoms with Crippen molar-refractivity contribution in [3.63, 3.8) is 0 Å². The van der Waals surface area contributed by atoms with E-state index in [9.17, 15) is 19.1 Å². The van der Waals surface area contributed by atoms with Crippen molar-refractivity contribution in [2.45, 2.75) is 65.2 Å². The molecule has 2 atom stereocenters. The predicted molar refractivity (Wildman–Crippen MR) is 138 cm³/mol. The number of aliphatic hydroxyl groups is 2. The number of nitrogens with two attached hydrogens (primary N) is 1. The second-order valence-electron chi connectivity index (χ2n) is 9.49. The fourth-order valence-corrected chi connectivity index (χ4v) is 2.89. The van der Waals surface area contributed by atoms with Gasteiger partial charge in [0.25, 0.3) is 0 Å². The number of aliphatic carboxylic acids is 2. The molecule has 200 valence electrons. The van der Waals surface area contributed by atoms with Crippen LogP contribution in [0.4, 0.5) is 15.8 Å². The minimum Gasteiger partial charge on any atom is -0.481 e. The normalized spacial score (nSPS) is 12.3. The Hall–Kier alpha value is -3.83. The number of halogens is 1. The van der Waals surface area contributed by atoms with Crippen molar-refractivity contribution >= 4 is 23.3 Å². The van der Waals surface area contributed by atoms with E-state index in [2.05, 4.69) is 9.69 Å². The topological polar surface area (TPSA) is 150 Å². The second kappa shape index (κ2) is 14.0. The smallest absolute Gasteiger partial charge is 0.323 e. The molecule has 0 spiro atoms. The van der Waals surface area contributed by atoms with Crippen LogP contribution in [0.25, 0.3) is 9.69 Å². The van der Waals surface area contributed by atoms with Crippen molar-refractivity contribution in [1.82, 2.24) is 0 Å². The first-order chi connectivity index (χ1) is 16.8. The molecule has 10 heteroatoms. The molecule has 2 rings (SSSR count). The highest BCUT2D eigenvalue weighted by Crippen LogP contribution is 2.25. The van der Waals surface area contributed by atoms with Gasteiger partial charge in [0.15, 0.2) is 11.4 Å². The van der Waals surface area contributed by atoms with Gasteiger partial charge in [0.2, 0.25) is 0 Å². The van der Waals surface area contributed by atoms with Crippen LogP contribution in [0, 0.1) is 38.7 Å². The molecule has 0 bridgehead atoms. The van der Waals surface area contributed by atoms with E-state index in [4.69, 9.17) is 34.2 Å². The van der Waals surface area contributed by atoms with E-state index < -0.39 is 35.1 Å². The van der Waals surface area contributed by atoms with Crippen LogP contribution in [-0.4, -0.2) is 49.6 Å². The Morgan fingerprint density at radius 3 is 1.65 bits per heavy atom. The molecule has 0 aromatic heterocycles. The first-order valence-electron chi connectivity index (χ1n) is 11.1. The van der Waals surface area contributed by atoms with E-state index >= 15 is 0 Å². The summed E-state index contributed by atoms with van der Waals surface area (Å²) >= 11 is 0. The molecule has 0 unspecified atom stereocenters. The minimum absolute atomic E-state index is 0.248. The van der Waals surface area contributed by atoms with E-state index in [-0.39, 0.29) is 12.2 Å². The summed E-state index contributed by atoms with van der Waals surface area (Å²) < 4.78 is 12.4. The summed E-state index contributed by atoms with van der Waals surface area (Å²) in [5, 5.41) is 36.2. The van der Waals surface area contributed by atoms with E-state index in [0.717, 1.165) is 11.1 Å². The lowest BCUT2D eigenvalue weighted by molar-refractivity contribution is -0.150. The first-order valence-corrected chi connectivity index (χ1v) is 11.1. The van der Waals surface area contributed by atoms with Crippen LogP contribution >= 0.6 is 0 Å². The van der Waals surface area contributed by atoms with Crippen molar-refractivity contribution in [1.29, 1.82) is 0 Å². The summed E-state index contributed by atoms with van der Waals surface area (Å²) in [5.41, 5.74) is 5.83. The summed E-state index contributed by atoms with van der Waals surface area (Å²) in [6.45, 7) is 22.8. The van der Waals surface area contributed by atoms with E-state index in [1.54, 1.807) is 25.1 Å². The average Bonchev–Trinajstić information content (AvgIpc) is 2.76. The lowest BCUT2D eigenvalue weighted by Gasteiger charge is -2.25. The zero-order valence-corrected chi connectivity index (χ0v) is 21.8. The highest BCUT2D eigenvalue weighted by Gasteiger charge is 2.33. The molecule has 0 aliphatic rings. The first kappa shape index (κ1) is 33.2. The number of benzene rings is 2. The number of nitrogens with zero attached hydrogens (tertiary/aromatic N) is 2. The van der Waals surface area contributed by atoms with E-state index in [1.165, 1.54) is 45.9 Å². The van der Waals surface area contributed by atoms with Gasteiger partial charge in [-0.3, -0.25) is 9.59 Å². The van der Waals surface area contributed by atoms with Crippen LogP contribution in [-0.2, 0) is 16.0 Å². The Bertz CT molecular complexity index is 1170. The molecule has 0 heterocycles. The Labute approximate surface area is 216 Å². The molecule has 2 aromatic carbocycles. The summed E-state index contributed by atoms with van der Waals surface area (Å²) in [5.74, 6) is -3.36. The number of rotatable bonds is 6. The van der Waals surface area contributed by atoms with Crippen molar-refractivity contribution in [2.75, 3.05) is 0 Å². The van der Waals surface area contributed by atoms with Gasteiger partial charge in [-0.2, -0.15) is 0 Å². The number of aryl methyl sites for hydroxylation is 2. The maximum Gasteiger partial charge on any atom is 0.323 e. The number of hydrogen-bond acceptors (Lipinski definition) is 5. The van der Waals surface area contributed by atoms with Crippen LogP contribution in [0.5, 0.6) is 0 Å². The third kappa shape index (κ3) is 11.6. The third-order valence-corrected chi connectivity index (χ3v) is 5.28. The molecule has 6 N–H and O–H groups in total. The van der Waals surface area contributed by atoms with Crippen molar-refractivity contribution in [2.24, 2.45) is 11.7 Å². The molecule has 2 aromatic rings. The number of hydrogen-bond donors (Lipinski definition) is 5. The Balaban J connectivity index is 0.000000577. The summed E-state index contributed by atoms with van der Waals surface area (Å²) in [4.78, 5) is 27.8. The molecular formula is C27H34FN3O6. The number of carbonyl (C=O) groups is 2. The molecular weight excluding hydrogens is 481 g/mol. The number of carboxylic acid groups (broad SMARTS) is 2. The molecule has 0 aliphatic carbocycles. The lowest BCUT2D eigenvalue weighted by atomic mass is 9.85. The van der Waals surface area contributed by atoms with Crippen LogP contribution in [0.15, 0.2) is 36.4 Å². The standard InChI is InChI=1S/C14H17NO3.C8H6FN.C5H11NO3/c1-9-7-10(5-6-12(9)15-4)8-11(13(16)17)14(2,3)18;1-6-5-7(9)3-4-8(6)10-2;1-5(2,9)3(6)4(7)8/h5-7,11,18H,8H2,1-3H3,(H,16,17);3-5H,1H3;3,9H,6H2,1-2H3,(H,7,8)/t11-;;3-/m0.0/s1. The number of carboxylic acids is 2. The van der Waals surface area contributed by atoms with Gasteiger partial charge in [-0.05, 0) is 76.8 Å². The summed E-state index contributed by atoms with van der Waals surface area (Å²) in [7, 11) is 0. The Morgan fingerprint density at radius 2 is 1.35 bits per heavy atom. The molecule has 0 amide bonds. The highest BCUT2D eigenvalue weighted by atomic mass is 19.1. The Kier molecular flexibility index (Phi) is 12.6. The Morgan fingerprint density at radius 1 is 0.892 bits per heavy atom. The molecule has 0 saturated carbocycles. The maximum absolute atomic E-state index is 12.4. The summed E-state index contributed by atoms with van der Waals surface area (Å²) in [6, 6.07) is 8.14. The fourth-order valence-electron chi connectivity index (χ4n) is 2.89. The van der Waals surface area contributed by atoms with Gasteiger partial charge in [0, 0.05) is 0 Å². The molecule has 0 fully saturated rings. The second-order valence-corrected chi connectivity index (χ2v) is 9.49. The SMILES string of the molecule is CC(C)(O)[C@@H](N)C(=O)O.[C-]#[N+]c1ccc(C[C@@H](C(=O)O)C(C)(C)O)cc1C.[C-]#[N+]c1ccc(F)cc1C. The van der Waals surface area contributed by atoms with Gasteiger partial charge >= 0.3 is 11.9 Å². The third-order valence-electron chi connectivity index (χ3n) is 5.28. The quantitative estimate of drug-likeness (QED) is 0.358. The molecule has 37 heavy (non-hydrogen) atoms. The van der Waals surface area contributed by atoms with Crippen LogP contribution in [0.3, 0.4) is 0 Å². The zero-order chi connectivity index (χ0) is 29.1. The summed E-state index contributed by atoms with van der Waals surface area (Å²) in [6.07, 6.45) is 0.248. The van der Waals surface area contributed by atoms with Crippen LogP contribution < -0.4 is 5.73 Å². The van der Waals surface area contributed by atoms with Gasteiger partial charge in [-0.25, -0.2) is 14.1 Å². The minimum atomic E-state index is -1.34. The molecule has 0 saturated heterocycles. The molecule has 9 nitrogen and oxygen atoms in total. The zero-order valence-electron chi connectivity index (χ0n) is 21.8. The largest absolute Gasteiger partial charge is 0.481 e. The monoisotopic (exact) mass is 515 g/mol. The van der Waals surface area contributed by atoms with Gasteiger partial charge < -0.3 is 26.2 Å². The fraction of sp³-hybridized carbons (Fsp3) is 0.407. The predicted octanol–water partition coefficient (Wildman–Crippen LogP) is 4.41. The van der Waals surface area contributed by atoms with E-state index in [0.29, 0.717) is 16.9 Å². The van der Waals surface area contributed by atoms with Crippen molar-refractivity contribution in [3.05, 3.63) is 81.7 Å². The van der Waals surface area contributed by atoms with Gasteiger partial charge in [-0.1, -0.05) is 24.3 Å². The van der Waals surface area contributed by atoms with Crippen LogP contribution in [0.1, 0.15) is 44.4 Å². The lowest BCUT2D eigenvalue weighted by Crippen LogP contribution is -2.48. The van der Waals surface area contributed by atoms with Crippen molar-refractivity contribution in [3.8, 4) is 0 Å². The van der Waals surface area contributed by atoms with Gasteiger partial charge in [0.1, 0.15) is 11.9 Å². The van der Waals surface area contributed by atoms with Crippen LogP contribution in [0.2, 0.25) is 0 Å². The molecule has 0 radical (unpaired) electrons. The van der Waals surface area contributed by atoms with Gasteiger partial charge in [-0.15, -0.1) is 0 Å². The maximum atomic E-state index is 12.4. The molecule has 0 aliphatic heterocycles. The van der Waals surface area contributed by atoms with E-state index in [1.807, 2.05) is 6.92 Å². The highest BCUT2D eigenvalue weighted by molar-refractivity contribution is 5.74.